The number of oxime groups is 1. The molecule has 0 aromatic rings. The van der Waals surface area contributed by atoms with Crippen LogP contribution in [0, 0.1) is 16.7 Å². The van der Waals surface area contributed by atoms with Crippen molar-refractivity contribution < 1.29 is 5.21 Å². The minimum atomic E-state index is 0.302. The van der Waals surface area contributed by atoms with E-state index in [2.05, 4.69) is 38.2 Å². The van der Waals surface area contributed by atoms with Gasteiger partial charge >= 0.3 is 0 Å². The number of hydrogen-bond acceptors (Lipinski definition) is 3. The molecule has 19 heavy (non-hydrogen) atoms. The standard InChI is InChI=1S/C15H29N3O/c1-5-11(8-12(16)18-19)17-13-14(2,3)10-6-7-15(13,4)9-10/h10-11,13,17,19H,5-9H2,1-4H3,(H2,16,18). The predicted octanol–water partition coefficient (Wildman–Crippen LogP) is 2.71. The molecule has 110 valence electrons. The van der Waals surface area contributed by atoms with Crippen LogP contribution in [0.3, 0.4) is 0 Å². The minimum absolute atomic E-state index is 0.302. The maximum atomic E-state index is 8.73. The van der Waals surface area contributed by atoms with Gasteiger partial charge in [-0.15, -0.1) is 0 Å². The molecular weight excluding hydrogens is 238 g/mol. The van der Waals surface area contributed by atoms with Gasteiger partial charge in [-0.2, -0.15) is 0 Å². The van der Waals surface area contributed by atoms with E-state index in [1.54, 1.807) is 0 Å². The van der Waals surface area contributed by atoms with Gasteiger partial charge in [0.1, 0.15) is 5.84 Å². The molecule has 2 rings (SSSR count). The zero-order valence-corrected chi connectivity index (χ0v) is 12.7. The van der Waals surface area contributed by atoms with Crippen LogP contribution in [0.15, 0.2) is 5.16 Å². The molecule has 0 spiro atoms. The Hall–Kier alpha value is -0.770. The van der Waals surface area contributed by atoms with Crippen LogP contribution in [-0.4, -0.2) is 23.1 Å². The Morgan fingerprint density at radius 1 is 1.47 bits per heavy atom. The summed E-state index contributed by atoms with van der Waals surface area (Å²) in [6, 6.07) is 0.839. The van der Waals surface area contributed by atoms with Crippen LogP contribution >= 0.6 is 0 Å². The summed E-state index contributed by atoms with van der Waals surface area (Å²) >= 11 is 0. The van der Waals surface area contributed by atoms with Gasteiger partial charge in [0.05, 0.1) is 0 Å². The fraction of sp³-hybridized carbons (Fsp3) is 0.933. The summed E-state index contributed by atoms with van der Waals surface area (Å²) in [5, 5.41) is 15.7. The fourth-order valence-electron chi connectivity index (χ4n) is 4.57. The number of hydrogen-bond donors (Lipinski definition) is 3. The lowest BCUT2D eigenvalue weighted by molar-refractivity contribution is 0.0982. The lowest BCUT2D eigenvalue weighted by atomic mass is 9.68. The summed E-state index contributed by atoms with van der Waals surface area (Å²) in [5.41, 5.74) is 6.44. The van der Waals surface area contributed by atoms with Crippen LogP contribution in [0.5, 0.6) is 0 Å². The van der Waals surface area contributed by atoms with Crippen LogP contribution in [-0.2, 0) is 0 Å². The highest BCUT2D eigenvalue weighted by Gasteiger charge is 2.59. The number of rotatable bonds is 5. The number of nitrogens with zero attached hydrogens (tertiary/aromatic N) is 1. The van der Waals surface area contributed by atoms with Crippen LogP contribution in [0.2, 0.25) is 0 Å². The minimum Gasteiger partial charge on any atom is -0.409 e. The second kappa shape index (κ2) is 4.97. The number of nitrogens with one attached hydrogen (secondary N) is 1. The Balaban J connectivity index is 2.08. The molecule has 0 aromatic heterocycles. The largest absolute Gasteiger partial charge is 0.409 e. The van der Waals surface area contributed by atoms with E-state index in [0.29, 0.717) is 35.2 Å². The van der Waals surface area contributed by atoms with E-state index < -0.39 is 0 Å². The Morgan fingerprint density at radius 2 is 2.16 bits per heavy atom. The molecule has 4 N–H and O–H groups in total. The Kier molecular flexibility index (Phi) is 3.83. The molecule has 2 aliphatic rings. The van der Waals surface area contributed by atoms with Gasteiger partial charge in [0.2, 0.25) is 0 Å². The van der Waals surface area contributed by atoms with Crippen LogP contribution < -0.4 is 11.1 Å². The monoisotopic (exact) mass is 267 g/mol. The molecule has 2 fully saturated rings. The first-order chi connectivity index (χ1) is 8.83. The third kappa shape index (κ3) is 2.47. The van der Waals surface area contributed by atoms with Crippen molar-refractivity contribution in [3.05, 3.63) is 0 Å². The Morgan fingerprint density at radius 3 is 2.63 bits per heavy atom. The first-order valence-electron chi connectivity index (χ1n) is 7.56. The van der Waals surface area contributed by atoms with Crippen molar-refractivity contribution in [2.24, 2.45) is 27.6 Å². The third-order valence-electron chi connectivity index (χ3n) is 5.75. The third-order valence-corrected chi connectivity index (χ3v) is 5.75. The number of nitrogens with two attached hydrogens (primary N) is 1. The summed E-state index contributed by atoms with van der Waals surface area (Å²) in [6.07, 6.45) is 5.68. The van der Waals surface area contributed by atoms with E-state index >= 15 is 0 Å². The Labute approximate surface area is 116 Å². The van der Waals surface area contributed by atoms with E-state index in [4.69, 9.17) is 10.9 Å². The van der Waals surface area contributed by atoms with Gasteiger partial charge in [-0.25, -0.2) is 0 Å². The van der Waals surface area contributed by atoms with Gasteiger partial charge in [0.25, 0.3) is 0 Å². The quantitative estimate of drug-likeness (QED) is 0.310. The first kappa shape index (κ1) is 14.6. The second-order valence-corrected chi connectivity index (χ2v) is 7.42. The molecule has 4 heteroatoms. The molecule has 0 radical (unpaired) electrons. The molecule has 2 bridgehead atoms. The van der Waals surface area contributed by atoms with Gasteiger partial charge in [-0.05, 0) is 42.4 Å². The molecular formula is C15H29N3O. The number of fused-ring (bicyclic) bond motifs is 2. The summed E-state index contributed by atoms with van der Waals surface area (Å²) in [7, 11) is 0. The predicted molar refractivity (Wildman–Crippen MR) is 78.3 cm³/mol. The van der Waals surface area contributed by atoms with Crippen LogP contribution in [0.25, 0.3) is 0 Å². The average Bonchev–Trinajstić information content (AvgIpc) is 2.83. The summed E-state index contributed by atoms with van der Waals surface area (Å²) in [6.45, 7) is 9.38. The topological polar surface area (TPSA) is 70.6 Å². The van der Waals surface area contributed by atoms with Crippen molar-refractivity contribution in [3.8, 4) is 0 Å². The summed E-state index contributed by atoms with van der Waals surface area (Å²) < 4.78 is 0. The smallest absolute Gasteiger partial charge is 0.140 e. The van der Waals surface area contributed by atoms with E-state index in [-0.39, 0.29) is 0 Å². The van der Waals surface area contributed by atoms with Crippen molar-refractivity contribution >= 4 is 5.84 Å². The van der Waals surface area contributed by atoms with Crippen LogP contribution in [0.1, 0.15) is 59.8 Å². The molecule has 2 saturated carbocycles. The van der Waals surface area contributed by atoms with Crippen LogP contribution in [0.4, 0.5) is 0 Å². The van der Waals surface area contributed by atoms with Crippen molar-refractivity contribution in [1.82, 2.24) is 5.32 Å². The molecule has 0 heterocycles. The Bertz CT molecular complexity index is 362. The molecule has 0 aromatic carbocycles. The van der Waals surface area contributed by atoms with Crippen molar-refractivity contribution in [1.29, 1.82) is 0 Å². The molecule has 0 aliphatic heterocycles. The maximum absolute atomic E-state index is 8.73. The zero-order chi connectivity index (χ0) is 14.3. The summed E-state index contributed by atoms with van der Waals surface area (Å²) in [5.74, 6) is 1.17. The zero-order valence-electron chi connectivity index (χ0n) is 12.7. The summed E-state index contributed by atoms with van der Waals surface area (Å²) in [4.78, 5) is 0. The van der Waals surface area contributed by atoms with E-state index in [0.717, 1.165) is 12.3 Å². The lowest BCUT2D eigenvalue weighted by Gasteiger charge is -2.45. The highest BCUT2D eigenvalue weighted by molar-refractivity contribution is 5.80. The number of amidine groups is 1. The maximum Gasteiger partial charge on any atom is 0.140 e. The van der Waals surface area contributed by atoms with Gasteiger partial charge in [0.15, 0.2) is 0 Å². The van der Waals surface area contributed by atoms with Gasteiger partial charge in [0, 0.05) is 18.5 Å². The van der Waals surface area contributed by atoms with Gasteiger partial charge < -0.3 is 16.3 Å². The van der Waals surface area contributed by atoms with E-state index in [1.807, 2.05) is 0 Å². The van der Waals surface area contributed by atoms with Crippen molar-refractivity contribution in [2.75, 3.05) is 0 Å². The van der Waals surface area contributed by atoms with E-state index in [1.165, 1.54) is 19.3 Å². The average molecular weight is 267 g/mol. The fourth-order valence-corrected chi connectivity index (χ4v) is 4.57. The first-order valence-corrected chi connectivity index (χ1v) is 7.56. The highest BCUT2D eigenvalue weighted by Crippen LogP contribution is 2.62. The molecule has 2 aliphatic carbocycles. The van der Waals surface area contributed by atoms with Gasteiger partial charge in [-0.3, -0.25) is 0 Å². The molecule has 4 atom stereocenters. The highest BCUT2D eigenvalue weighted by atomic mass is 16.4. The lowest BCUT2D eigenvalue weighted by Crippen LogP contribution is -2.54. The SMILES string of the molecule is CCC(CC(N)=NO)NC1C2(C)CCC(C2)C1(C)C. The normalized spacial score (nSPS) is 38.6. The molecule has 0 saturated heterocycles. The second-order valence-electron chi connectivity index (χ2n) is 7.42. The van der Waals surface area contributed by atoms with Crippen molar-refractivity contribution in [2.45, 2.75) is 71.9 Å². The van der Waals surface area contributed by atoms with E-state index in [9.17, 15) is 0 Å². The van der Waals surface area contributed by atoms with Gasteiger partial charge in [-0.1, -0.05) is 32.9 Å². The molecule has 0 amide bonds. The molecule has 4 nitrogen and oxygen atoms in total. The van der Waals surface area contributed by atoms with Crippen molar-refractivity contribution in [3.63, 3.8) is 0 Å². The molecule has 4 unspecified atom stereocenters.